The molecule has 3 N–H and O–H groups in total. The van der Waals surface area contributed by atoms with Crippen LogP contribution in [0.1, 0.15) is 19.4 Å². The first-order valence-electron chi connectivity index (χ1n) is 8.55. The van der Waals surface area contributed by atoms with E-state index in [4.69, 9.17) is 5.21 Å². The zero-order chi connectivity index (χ0) is 19.4. The molecule has 1 fully saturated rings. The van der Waals surface area contributed by atoms with Crippen molar-refractivity contribution in [3.8, 4) is 0 Å². The maximum Gasteiger partial charge on any atom is 0.249 e. The van der Waals surface area contributed by atoms with E-state index in [1.54, 1.807) is 25.4 Å². The number of benzene rings is 1. The van der Waals surface area contributed by atoms with Gasteiger partial charge in [0.25, 0.3) is 0 Å². The quantitative estimate of drug-likeness (QED) is 0.390. The van der Waals surface area contributed by atoms with Gasteiger partial charge in [0.1, 0.15) is 11.2 Å². The molecule has 0 bridgehead atoms. The van der Waals surface area contributed by atoms with Gasteiger partial charge in [-0.15, -0.1) is 0 Å². The molecule has 1 aromatic carbocycles. The van der Waals surface area contributed by atoms with Gasteiger partial charge in [-0.1, -0.05) is 13.8 Å². The van der Waals surface area contributed by atoms with Gasteiger partial charge < -0.3 is 9.45 Å². The number of rotatable bonds is 6. The summed E-state index contributed by atoms with van der Waals surface area (Å²) in [6.07, 6.45) is 0. The van der Waals surface area contributed by atoms with Crippen LogP contribution in [0.2, 0.25) is 0 Å². The Bertz CT molecular complexity index is 665. The summed E-state index contributed by atoms with van der Waals surface area (Å²) in [6.45, 7) is 7.54. The van der Waals surface area contributed by atoms with Gasteiger partial charge in [-0.25, -0.2) is 14.1 Å². The van der Waals surface area contributed by atoms with Gasteiger partial charge in [0.15, 0.2) is 11.1 Å². The molecule has 2 rings (SSSR count). The number of piperazine rings is 1. The van der Waals surface area contributed by atoms with E-state index in [0.29, 0.717) is 26.2 Å². The Kier molecular flexibility index (Phi) is 7.10. The van der Waals surface area contributed by atoms with Crippen LogP contribution in [0.3, 0.4) is 0 Å². The highest BCUT2D eigenvalue weighted by Gasteiger charge is 2.40. The van der Waals surface area contributed by atoms with Gasteiger partial charge in [0.05, 0.1) is 5.92 Å². The maximum atomic E-state index is 13.3. The molecule has 1 aliphatic heterocycles. The second-order valence-corrected chi connectivity index (χ2v) is 7.90. The fourth-order valence-corrected chi connectivity index (χ4v) is 4.66. The normalized spacial score (nSPS) is 19.3. The Morgan fingerprint density at radius 1 is 1.27 bits per heavy atom. The van der Waals surface area contributed by atoms with Crippen LogP contribution in [0.5, 0.6) is 0 Å². The number of halogens is 1. The molecule has 146 valence electrons. The first-order chi connectivity index (χ1) is 12.3. The van der Waals surface area contributed by atoms with Gasteiger partial charge in [0, 0.05) is 31.9 Å². The molecule has 1 saturated heterocycles. The number of aryl methyl sites for hydroxylation is 1. The van der Waals surface area contributed by atoms with Crippen LogP contribution < -0.4 is 10.4 Å². The fourth-order valence-electron chi connectivity index (χ4n) is 3.51. The summed E-state index contributed by atoms with van der Waals surface area (Å²) in [7, 11) is 0. The first-order valence-corrected chi connectivity index (χ1v) is 9.72. The number of amides is 1. The van der Waals surface area contributed by atoms with E-state index < -0.39 is 28.3 Å². The summed E-state index contributed by atoms with van der Waals surface area (Å²) in [5.74, 6) is -1.98. The zero-order valence-corrected chi connectivity index (χ0v) is 16.0. The van der Waals surface area contributed by atoms with Crippen LogP contribution in [-0.4, -0.2) is 56.3 Å². The van der Waals surface area contributed by atoms with Crippen molar-refractivity contribution in [3.05, 3.63) is 29.6 Å². The van der Waals surface area contributed by atoms with Crippen LogP contribution in [0.4, 0.5) is 10.1 Å². The second-order valence-electron chi connectivity index (χ2n) is 6.87. The van der Waals surface area contributed by atoms with E-state index in [2.05, 4.69) is 4.90 Å². The van der Waals surface area contributed by atoms with Crippen molar-refractivity contribution in [2.75, 3.05) is 31.1 Å². The van der Waals surface area contributed by atoms with Crippen molar-refractivity contribution in [1.82, 2.24) is 10.4 Å². The predicted molar refractivity (Wildman–Crippen MR) is 97.7 cm³/mol. The summed E-state index contributed by atoms with van der Waals surface area (Å²) in [6, 6.07) is 4.63. The van der Waals surface area contributed by atoms with Crippen molar-refractivity contribution in [3.63, 3.8) is 0 Å². The van der Waals surface area contributed by atoms with E-state index in [0.717, 1.165) is 11.3 Å². The summed E-state index contributed by atoms with van der Waals surface area (Å²) in [5.41, 5.74) is 3.38. The van der Waals surface area contributed by atoms with E-state index in [-0.39, 0.29) is 11.7 Å². The molecule has 1 amide bonds. The molecule has 0 aliphatic carbocycles. The molecule has 1 heterocycles. The minimum Gasteiger partial charge on any atom is -0.369 e. The minimum absolute atomic E-state index is 0.222. The van der Waals surface area contributed by atoms with Crippen LogP contribution in [0.25, 0.3) is 0 Å². The average Bonchev–Trinajstić information content (AvgIpc) is 2.58. The van der Waals surface area contributed by atoms with Crippen molar-refractivity contribution in [2.24, 2.45) is 11.8 Å². The zero-order valence-electron chi connectivity index (χ0n) is 15.2. The number of hydroxylamine groups is 1. The standard InChI is InChI=1S/C17H26FN3O4S/c1-11(2)15(16(22)19-23)17(26(24)25)21-8-6-20(7-9-21)14-5-4-13(18)10-12(14)3/h4-5,10-11,15,17,23H,6-9H2,1-3H3,(H,19,22)(H,24,25). The average molecular weight is 387 g/mol. The summed E-state index contributed by atoms with van der Waals surface area (Å²) in [4.78, 5) is 15.9. The Balaban J connectivity index is 2.14. The number of hydrogen-bond acceptors (Lipinski definition) is 5. The smallest absolute Gasteiger partial charge is 0.249 e. The maximum absolute atomic E-state index is 13.3. The van der Waals surface area contributed by atoms with Gasteiger partial charge in [-0.05, 0) is 36.6 Å². The third-order valence-electron chi connectivity index (χ3n) is 4.82. The lowest BCUT2D eigenvalue weighted by atomic mass is 9.93. The summed E-state index contributed by atoms with van der Waals surface area (Å²) in [5, 5.41) is 8.09. The first kappa shape index (κ1) is 20.8. The fraction of sp³-hybridized carbons (Fsp3) is 0.588. The Hall–Kier alpha value is -1.55. The second kappa shape index (κ2) is 8.90. The lowest BCUT2D eigenvalue weighted by molar-refractivity contribution is -0.136. The molecule has 0 aromatic heterocycles. The van der Waals surface area contributed by atoms with E-state index in [9.17, 15) is 17.9 Å². The Labute approximate surface area is 155 Å². The van der Waals surface area contributed by atoms with Crippen molar-refractivity contribution in [1.29, 1.82) is 0 Å². The third-order valence-corrected chi connectivity index (χ3v) is 5.82. The Morgan fingerprint density at radius 2 is 1.88 bits per heavy atom. The van der Waals surface area contributed by atoms with Crippen molar-refractivity contribution >= 4 is 22.7 Å². The number of carbonyl (C=O) groups is 1. The number of nitrogens with one attached hydrogen (secondary N) is 1. The molecule has 7 nitrogen and oxygen atoms in total. The lowest BCUT2D eigenvalue weighted by Crippen LogP contribution is -2.57. The molecule has 9 heteroatoms. The highest BCUT2D eigenvalue weighted by molar-refractivity contribution is 7.79. The highest BCUT2D eigenvalue weighted by Crippen LogP contribution is 2.27. The van der Waals surface area contributed by atoms with Crippen molar-refractivity contribution < 1.29 is 23.2 Å². The van der Waals surface area contributed by atoms with E-state index >= 15 is 0 Å². The molecule has 3 unspecified atom stereocenters. The molecule has 0 spiro atoms. The lowest BCUT2D eigenvalue weighted by Gasteiger charge is -2.42. The number of carbonyl (C=O) groups excluding carboxylic acids is 1. The van der Waals surface area contributed by atoms with Gasteiger partial charge >= 0.3 is 0 Å². The molecule has 3 atom stereocenters. The molecule has 1 aromatic rings. The van der Waals surface area contributed by atoms with Crippen LogP contribution >= 0.6 is 0 Å². The third kappa shape index (κ3) is 4.59. The van der Waals surface area contributed by atoms with E-state index in [1.165, 1.54) is 12.1 Å². The number of hydrogen-bond donors (Lipinski definition) is 3. The monoisotopic (exact) mass is 387 g/mol. The van der Waals surface area contributed by atoms with Crippen molar-refractivity contribution in [2.45, 2.75) is 26.1 Å². The highest BCUT2D eigenvalue weighted by atomic mass is 32.2. The predicted octanol–water partition coefficient (Wildman–Crippen LogP) is 1.58. The molecular formula is C17H26FN3O4S. The minimum atomic E-state index is -2.25. The molecule has 26 heavy (non-hydrogen) atoms. The number of anilines is 1. The largest absolute Gasteiger partial charge is 0.369 e. The molecule has 0 saturated carbocycles. The topological polar surface area (TPSA) is 93.1 Å². The molecule has 0 radical (unpaired) electrons. The van der Waals surface area contributed by atoms with Gasteiger partial charge in [0.2, 0.25) is 5.91 Å². The molecular weight excluding hydrogens is 361 g/mol. The van der Waals surface area contributed by atoms with Gasteiger partial charge in [-0.2, -0.15) is 0 Å². The Morgan fingerprint density at radius 3 is 2.35 bits per heavy atom. The van der Waals surface area contributed by atoms with Crippen LogP contribution in [0.15, 0.2) is 18.2 Å². The number of nitrogens with zero attached hydrogens (tertiary/aromatic N) is 2. The van der Waals surface area contributed by atoms with Crippen LogP contribution in [0, 0.1) is 24.6 Å². The summed E-state index contributed by atoms with van der Waals surface area (Å²) >= 11 is -2.25. The molecule has 1 aliphatic rings. The van der Waals surface area contributed by atoms with Gasteiger partial charge in [-0.3, -0.25) is 14.9 Å². The van der Waals surface area contributed by atoms with Crippen LogP contribution in [-0.2, 0) is 15.9 Å². The SMILES string of the molecule is Cc1cc(F)ccc1N1CCN(C(C(C(=O)NO)C(C)C)S(=O)O)CC1. The van der Waals surface area contributed by atoms with E-state index in [1.807, 2.05) is 11.8 Å². The summed E-state index contributed by atoms with van der Waals surface area (Å²) < 4.78 is 35.1.